The lowest BCUT2D eigenvalue weighted by atomic mass is 9.90. The van der Waals surface area contributed by atoms with Gasteiger partial charge in [0.1, 0.15) is 5.69 Å². The molecule has 1 aliphatic carbocycles. The Balaban J connectivity index is 1.38. The number of aromatic nitrogens is 4. The molecule has 3 heterocycles. The monoisotopic (exact) mass is 350 g/mol. The van der Waals surface area contributed by atoms with Crippen LogP contribution in [0, 0.1) is 17.8 Å². The molecule has 2 aromatic heterocycles. The van der Waals surface area contributed by atoms with Gasteiger partial charge in [-0.1, -0.05) is 36.3 Å². The number of pyridine rings is 1. The Hall–Kier alpha value is -2.19. The maximum absolute atomic E-state index is 5.77. The van der Waals surface area contributed by atoms with Crippen molar-refractivity contribution in [3.8, 4) is 23.2 Å². The van der Waals surface area contributed by atoms with Crippen LogP contribution in [0.3, 0.4) is 0 Å². The molecule has 0 aromatic carbocycles. The SMILES string of the molecule is C(#CC1CCCCC1)c1ccc(-c2cn(C[C@H]3CCCCO3)nn2)nc1. The topological polar surface area (TPSA) is 52.8 Å². The summed E-state index contributed by atoms with van der Waals surface area (Å²) in [6, 6.07) is 4.01. The third kappa shape index (κ3) is 4.50. The van der Waals surface area contributed by atoms with Gasteiger partial charge in [-0.05, 0) is 44.2 Å². The molecule has 0 radical (unpaired) electrons. The summed E-state index contributed by atoms with van der Waals surface area (Å²) in [5.74, 6) is 7.25. The third-order valence-electron chi connectivity index (χ3n) is 5.26. The Morgan fingerprint density at radius 3 is 2.69 bits per heavy atom. The van der Waals surface area contributed by atoms with Crippen LogP contribution in [0.1, 0.15) is 56.9 Å². The summed E-state index contributed by atoms with van der Waals surface area (Å²) in [4.78, 5) is 4.52. The van der Waals surface area contributed by atoms with E-state index >= 15 is 0 Å². The molecule has 0 unspecified atom stereocenters. The highest BCUT2D eigenvalue weighted by atomic mass is 16.5. The Morgan fingerprint density at radius 1 is 1.04 bits per heavy atom. The zero-order valence-corrected chi connectivity index (χ0v) is 15.2. The van der Waals surface area contributed by atoms with Crippen LogP contribution in [-0.4, -0.2) is 32.7 Å². The number of nitrogens with zero attached hydrogens (tertiary/aromatic N) is 4. The Morgan fingerprint density at radius 2 is 1.92 bits per heavy atom. The van der Waals surface area contributed by atoms with Gasteiger partial charge < -0.3 is 4.74 Å². The van der Waals surface area contributed by atoms with Crippen molar-refractivity contribution in [3.05, 3.63) is 30.1 Å². The summed E-state index contributed by atoms with van der Waals surface area (Å²) >= 11 is 0. The van der Waals surface area contributed by atoms with E-state index in [1.807, 2.05) is 29.2 Å². The average molecular weight is 350 g/mol. The first-order valence-electron chi connectivity index (χ1n) is 9.86. The van der Waals surface area contributed by atoms with E-state index < -0.39 is 0 Å². The van der Waals surface area contributed by atoms with Crippen LogP contribution >= 0.6 is 0 Å². The number of hydrogen-bond donors (Lipinski definition) is 0. The zero-order valence-electron chi connectivity index (χ0n) is 15.2. The predicted octanol–water partition coefficient (Wildman–Crippen LogP) is 3.84. The van der Waals surface area contributed by atoms with Gasteiger partial charge in [0.15, 0.2) is 0 Å². The summed E-state index contributed by atoms with van der Waals surface area (Å²) < 4.78 is 7.63. The molecule has 0 amide bonds. The quantitative estimate of drug-likeness (QED) is 0.789. The molecule has 1 atom stereocenters. The van der Waals surface area contributed by atoms with Crippen molar-refractivity contribution in [1.29, 1.82) is 0 Å². The van der Waals surface area contributed by atoms with Crippen LogP contribution < -0.4 is 0 Å². The van der Waals surface area contributed by atoms with Gasteiger partial charge in [-0.15, -0.1) is 5.10 Å². The van der Waals surface area contributed by atoms with Crippen molar-refractivity contribution < 1.29 is 4.74 Å². The number of ether oxygens (including phenoxy) is 1. The lowest BCUT2D eigenvalue weighted by Gasteiger charge is -2.21. The highest BCUT2D eigenvalue weighted by Crippen LogP contribution is 2.23. The summed E-state index contributed by atoms with van der Waals surface area (Å²) in [5, 5.41) is 8.49. The van der Waals surface area contributed by atoms with Gasteiger partial charge in [-0.25, -0.2) is 4.68 Å². The lowest BCUT2D eigenvalue weighted by molar-refractivity contribution is 0.00370. The second-order valence-corrected chi connectivity index (χ2v) is 7.35. The molecule has 5 heteroatoms. The minimum Gasteiger partial charge on any atom is -0.376 e. The van der Waals surface area contributed by atoms with Gasteiger partial charge in [0.2, 0.25) is 0 Å². The average Bonchev–Trinajstić information content (AvgIpc) is 3.17. The summed E-state index contributed by atoms with van der Waals surface area (Å²) in [6.07, 6.45) is 14.0. The van der Waals surface area contributed by atoms with Gasteiger partial charge in [-0.2, -0.15) is 0 Å². The summed E-state index contributed by atoms with van der Waals surface area (Å²) in [5.41, 5.74) is 2.61. The van der Waals surface area contributed by atoms with Crippen molar-refractivity contribution in [1.82, 2.24) is 20.0 Å². The maximum Gasteiger partial charge on any atom is 0.131 e. The third-order valence-corrected chi connectivity index (χ3v) is 5.26. The Labute approximate surface area is 155 Å². The van der Waals surface area contributed by atoms with Gasteiger partial charge >= 0.3 is 0 Å². The molecule has 1 aliphatic heterocycles. The van der Waals surface area contributed by atoms with E-state index in [4.69, 9.17) is 4.74 Å². The van der Waals surface area contributed by atoms with E-state index in [-0.39, 0.29) is 6.10 Å². The Kier molecular flexibility index (Phi) is 5.61. The van der Waals surface area contributed by atoms with Gasteiger partial charge in [-0.3, -0.25) is 4.98 Å². The molecule has 2 fully saturated rings. The maximum atomic E-state index is 5.77. The fraction of sp³-hybridized carbons (Fsp3) is 0.571. The summed E-state index contributed by atoms with van der Waals surface area (Å²) in [6.45, 7) is 1.62. The molecular weight excluding hydrogens is 324 g/mol. The highest BCUT2D eigenvalue weighted by Gasteiger charge is 2.16. The van der Waals surface area contributed by atoms with E-state index in [0.717, 1.165) is 36.5 Å². The van der Waals surface area contributed by atoms with Crippen LogP contribution in [0.4, 0.5) is 0 Å². The van der Waals surface area contributed by atoms with Crippen LogP contribution in [0.5, 0.6) is 0 Å². The first kappa shape index (κ1) is 17.2. The fourth-order valence-corrected chi connectivity index (χ4v) is 3.72. The molecule has 0 spiro atoms. The lowest BCUT2D eigenvalue weighted by Crippen LogP contribution is -2.24. The highest BCUT2D eigenvalue weighted by molar-refractivity contribution is 5.53. The predicted molar refractivity (Wildman–Crippen MR) is 100 cm³/mol. The van der Waals surface area contributed by atoms with E-state index in [9.17, 15) is 0 Å². The van der Waals surface area contributed by atoms with Crippen LogP contribution in [0.25, 0.3) is 11.4 Å². The minimum atomic E-state index is 0.253. The molecule has 136 valence electrons. The van der Waals surface area contributed by atoms with E-state index in [0.29, 0.717) is 5.92 Å². The van der Waals surface area contributed by atoms with Crippen molar-refractivity contribution in [2.24, 2.45) is 5.92 Å². The van der Waals surface area contributed by atoms with Gasteiger partial charge in [0.25, 0.3) is 0 Å². The van der Waals surface area contributed by atoms with Crippen LogP contribution in [-0.2, 0) is 11.3 Å². The van der Waals surface area contributed by atoms with E-state index in [1.165, 1.54) is 44.9 Å². The van der Waals surface area contributed by atoms with Crippen molar-refractivity contribution in [3.63, 3.8) is 0 Å². The second kappa shape index (κ2) is 8.46. The fourth-order valence-electron chi connectivity index (χ4n) is 3.72. The van der Waals surface area contributed by atoms with E-state index in [1.54, 1.807) is 0 Å². The molecule has 0 bridgehead atoms. The second-order valence-electron chi connectivity index (χ2n) is 7.35. The first-order chi connectivity index (χ1) is 12.9. The molecule has 0 N–H and O–H groups in total. The molecule has 1 saturated heterocycles. The smallest absolute Gasteiger partial charge is 0.131 e. The molecular formula is C21H26N4O. The first-order valence-corrected chi connectivity index (χ1v) is 9.86. The summed E-state index contributed by atoms with van der Waals surface area (Å²) in [7, 11) is 0. The zero-order chi connectivity index (χ0) is 17.6. The van der Waals surface area contributed by atoms with Crippen LogP contribution in [0.2, 0.25) is 0 Å². The molecule has 4 rings (SSSR count). The number of rotatable bonds is 3. The minimum absolute atomic E-state index is 0.253. The standard InChI is InChI=1S/C21H26N4O/c1-2-6-17(7-3-1)9-10-18-11-12-20(22-14-18)21-16-25(24-23-21)15-19-8-4-5-13-26-19/h11-12,14,16-17,19H,1-8,13,15H2/t19-/m1/s1. The molecule has 2 aromatic rings. The number of hydrogen-bond acceptors (Lipinski definition) is 4. The van der Waals surface area contributed by atoms with Crippen molar-refractivity contribution in [2.75, 3.05) is 6.61 Å². The van der Waals surface area contributed by atoms with Crippen molar-refractivity contribution in [2.45, 2.75) is 64.0 Å². The molecule has 26 heavy (non-hydrogen) atoms. The van der Waals surface area contributed by atoms with Gasteiger partial charge in [0.05, 0.1) is 24.5 Å². The van der Waals surface area contributed by atoms with Gasteiger partial charge in [0, 0.05) is 24.3 Å². The van der Waals surface area contributed by atoms with E-state index in [2.05, 4.69) is 27.1 Å². The largest absolute Gasteiger partial charge is 0.376 e. The molecule has 2 aliphatic rings. The normalized spacial score (nSPS) is 21.2. The Bertz CT molecular complexity index is 759. The molecule has 5 nitrogen and oxygen atoms in total. The van der Waals surface area contributed by atoms with Crippen molar-refractivity contribution >= 4 is 0 Å². The van der Waals surface area contributed by atoms with Crippen LogP contribution in [0.15, 0.2) is 24.5 Å². The molecule has 1 saturated carbocycles.